The summed E-state index contributed by atoms with van der Waals surface area (Å²) in [6.45, 7) is 0. The summed E-state index contributed by atoms with van der Waals surface area (Å²) in [6.07, 6.45) is 2.13. The fourth-order valence-electron chi connectivity index (χ4n) is 1.15. The molecule has 1 aromatic rings. The van der Waals surface area contributed by atoms with E-state index < -0.39 is 0 Å². The quantitative estimate of drug-likeness (QED) is 0.850. The summed E-state index contributed by atoms with van der Waals surface area (Å²) >= 11 is 3.16. The summed E-state index contributed by atoms with van der Waals surface area (Å²) in [5.74, 6) is -0.0243. The minimum absolute atomic E-state index is 0.0912. The number of halogens is 1. The number of phenols is 1. The molecule has 3 nitrogen and oxygen atoms in total. The average molecular weight is 256 g/mol. The monoisotopic (exact) mass is 255 g/mol. The van der Waals surface area contributed by atoms with Crippen LogP contribution in [0.2, 0.25) is 0 Å². The molecule has 0 saturated heterocycles. The van der Waals surface area contributed by atoms with Gasteiger partial charge in [0.1, 0.15) is 5.75 Å². The molecule has 0 radical (unpaired) electrons. The average Bonchev–Trinajstić information content (AvgIpc) is 2.93. The zero-order chi connectivity index (χ0) is 10.1. The van der Waals surface area contributed by atoms with Gasteiger partial charge in [-0.1, -0.05) is 0 Å². The molecule has 4 heteroatoms. The third-order valence-electron chi connectivity index (χ3n) is 2.12. The number of aromatic hydroxyl groups is 1. The maximum atomic E-state index is 11.5. The van der Waals surface area contributed by atoms with Gasteiger partial charge in [0.15, 0.2) is 0 Å². The van der Waals surface area contributed by atoms with E-state index in [1.807, 2.05) is 0 Å². The minimum Gasteiger partial charge on any atom is -0.507 e. The Balaban J connectivity index is 2.14. The molecule has 0 bridgehead atoms. The van der Waals surface area contributed by atoms with Gasteiger partial charge >= 0.3 is 0 Å². The Hall–Kier alpha value is -1.03. The summed E-state index contributed by atoms with van der Waals surface area (Å²) in [7, 11) is 0. The highest BCUT2D eigenvalue weighted by Gasteiger charge is 2.23. The van der Waals surface area contributed by atoms with Crippen LogP contribution in [0, 0.1) is 0 Å². The third-order valence-corrected chi connectivity index (χ3v) is 2.79. The molecule has 1 aliphatic carbocycles. The van der Waals surface area contributed by atoms with Crippen LogP contribution in [0.15, 0.2) is 22.7 Å². The van der Waals surface area contributed by atoms with E-state index in [2.05, 4.69) is 21.2 Å². The lowest BCUT2D eigenvalue weighted by Gasteiger charge is -2.04. The molecule has 0 aromatic heterocycles. The van der Waals surface area contributed by atoms with Crippen LogP contribution in [0.5, 0.6) is 5.75 Å². The fourth-order valence-corrected chi connectivity index (χ4v) is 1.40. The van der Waals surface area contributed by atoms with Gasteiger partial charge in [-0.05, 0) is 47.0 Å². The Kier molecular flexibility index (Phi) is 2.46. The van der Waals surface area contributed by atoms with Crippen LogP contribution in [0.3, 0.4) is 0 Å². The summed E-state index contributed by atoms with van der Waals surface area (Å²) in [5.41, 5.74) is 0.498. The van der Waals surface area contributed by atoms with Crippen molar-refractivity contribution in [2.75, 3.05) is 0 Å². The first kappa shape index (κ1) is 9.52. The molecular formula is C10H10BrNO2. The smallest absolute Gasteiger partial charge is 0.251 e. The number of nitrogens with one attached hydrogen (secondary N) is 1. The van der Waals surface area contributed by atoms with Gasteiger partial charge in [-0.3, -0.25) is 4.79 Å². The molecule has 2 N–H and O–H groups in total. The van der Waals surface area contributed by atoms with E-state index in [9.17, 15) is 9.90 Å². The Morgan fingerprint density at radius 3 is 2.79 bits per heavy atom. The zero-order valence-electron chi connectivity index (χ0n) is 7.46. The van der Waals surface area contributed by atoms with E-state index in [0.717, 1.165) is 12.8 Å². The van der Waals surface area contributed by atoms with Crippen molar-refractivity contribution in [2.45, 2.75) is 18.9 Å². The Morgan fingerprint density at radius 2 is 2.21 bits per heavy atom. The highest BCUT2D eigenvalue weighted by molar-refractivity contribution is 9.10. The largest absolute Gasteiger partial charge is 0.507 e. The molecule has 1 fully saturated rings. The van der Waals surface area contributed by atoms with Crippen molar-refractivity contribution in [3.05, 3.63) is 28.2 Å². The molecule has 74 valence electrons. The fraction of sp³-hybridized carbons (Fsp3) is 0.300. The molecule has 1 aliphatic rings. The summed E-state index contributed by atoms with van der Waals surface area (Å²) in [5, 5.41) is 12.2. The van der Waals surface area contributed by atoms with Crippen LogP contribution in [0.25, 0.3) is 0 Å². The topological polar surface area (TPSA) is 49.3 Å². The van der Waals surface area contributed by atoms with Gasteiger partial charge in [0.2, 0.25) is 0 Å². The standard InChI is InChI=1S/C10H10BrNO2/c11-8-4-1-6(5-9(8)13)10(14)12-7-2-3-7/h1,4-5,7,13H,2-3H2,(H,12,14). The van der Waals surface area contributed by atoms with E-state index in [1.54, 1.807) is 12.1 Å². The Bertz CT molecular complexity index is 374. The maximum absolute atomic E-state index is 11.5. The van der Waals surface area contributed by atoms with Crippen LogP contribution in [0.4, 0.5) is 0 Å². The van der Waals surface area contributed by atoms with Gasteiger partial charge in [-0.2, -0.15) is 0 Å². The summed E-state index contributed by atoms with van der Waals surface area (Å²) in [6, 6.07) is 5.15. The van der Waals surface area contributed by atoms with E-state index in [4.69, 9.17) is 0 Å². The summed E-state index contributed by atoms with van der Waals surface area (Å²) < 4.78 is 0.598. The predicted molar refractivity (Wildman–Crippen MR) is 56.3 cm³/mol. The SMILES string of the molecule is O=C(NC1CC1)c1ccc(Br)c(O)c1. The number of carbonyl (C=O) groups is 1. The van der Waals surface area contributed by atoms with Crippen molar-refractivity contribution in [3.63, 3.8) is 0 Å². The highest BCUT2D eigenvalue weighted by atomic mass is 79.9. The van der Waals surface area contributed by atoms with Crippen molar-refractivity contribution in [1.29, 1.82) is 0 Å². The third kappa shape index (κ3) is 2.07. The Labute approximate surface area is 90.3 Å². The van der Waals surface area contributed by atoms with E-state index in [-0.39, 0.29) is 11.7 Å². The number of rotatable bonds is 2. The van der Waals surface area contributed by atoms with Gasteiger partial charge in [0, 0.05) is 11.6 Å². The van der Waals surface area contributed by atoms with Gasteiger partial charge in [0.05, 0.1) is 4.47 Å². The van der Waals surface area contributed by atoms with Gasteiger partial charge in [-0.25, -0.2) is 0 Å². The lowest BCUT2D eigenvalue weighted by molar-refractivity contribution is 0.0950. The lowest BCUT2D eigenvalue weighted by atomic mass is 10.2. The molecule has 0 unspecified atom stereocenters. The van der Waals surface area contributed by atoms with E-state index >= 15 is 0 Å². The first-order valence-electron chi connectivity index (χ1n) is 4.46. The van der Waals surface area contributed by atoms with Crippen molar-refractivity contribution >= 4 is 21.8 Å². The second-order valence-corrected chi connectivity index (χ2v) is 4.27. The molecule has 14 heavy (non-hydrogen) atoms. The number of hydrogen-bond acceptors (Lipinski definition) is 2. The van der Waals surface area contributed by atoms with Crippen LogP contribution in [-0.2, 0) is 0 Å². The number of carbonyl (C=O) groups excluding carboxylic acids is 1. The first-order chi connectivity index (χ1) is 6.66. The molecular weight excluding hydrogens is 246 g/mol. The van der Waals surface area contributed by atoms with Crippen molar-refractivity contribution in [1.82, 2.24) is 5.32 Å². The van der Waals surface area contributed by atoms with Crippen LogP contribution in [0.1, 0.15) is 23.2 Å². The molecule has 0 atom stereocenters. The van der Waals surface area contributed by atoms with Gasteiger partial charge in [-0.15, -0.1) is 0 Å². The Morgan fingerprint density at radius 1 is 1.50 bits per heavy atom. The minimum atomic E-state index is -0.115. The second-order valence-electron chi connectivity index (χ2n) is 3.41. The molecule has 0 aliphatic heterocycles. The zero-order valence-corrected chi connectivity index (χ0v) is 9.04. The van der Waals surface area contributed by atoms with Crippen LogP contribution >= 0.6 is 15.9 Å². The van der Waals surface area contributed by atoms with Gasteiger partial charge in [0.25, 0.3) is 5.91 Å². The highest BCUT2D eigenvalue weighted by Crippen LogP contribution is 2.25. The number of phenolic OH excluding ortho intramolecular Hbond substituents is 1. The summed E-state index contributed by atoms with van der Waals surface area (Å²) in [4.78, 5) is 11.5. The molecule has 1 aromatic carbocycles. The second kappa shape index (κ2) is 3.61. The van der Waals surface area contributed by atoms with Crippen LogP contribution in [-0.4, -0.2) is 17.1 Å². The van der Waals surface area contributed by atoms with Crippen LogP contribution < -0.4 is 5.32 Å². The predicted octanol–water partition coefficient (Wildman–Crippen LogP) is 2.05. The molecule has 1 saturated carbocycles. The number of benzene rings is 1. The van der Waals surface area contributed by atoms with Crippen molar-refractivity contribution in [3.8, 4) is 5.75 Å². The maximum Gasteiger partial charge on any atom is 0.251 e. The van der Waals surface area contributed by atoms with Crippen molar-refractivity contribution < 1.29 is 9.90 Å². The van der Waals surface area contributed by atoms with E-state index in [0.29, 0.717) is 16.1 Å². The number of amides is 1. The molecule has 0 heterocycles. The molecule has 1 amide bonds. The normalized spacial score (nSPS) is 15.2. The van der Waals surface area contributed by atoms with E-state index in [1.165, 1.54) is 6.07 Å². The first-order valence-corrected chi connectivity index (χ1v) is 5.25. The molecule has 2 rings (SSSR count). The number of hydrogen-bond donors (Lipinski definition) is 2. The molecule has 0 spiro atoms. The lowest BCUT2D eigenvalue weighted by Crippen LogP contribution is -2.25. The van der Waals surface area contributed by atoms with Crippen molar-refractivity contribution in [2.24, 2.45) is 0 Å². The van der Waals surface area contributed by atoms with Gasteiger partial charge < -0.3 is 10.4 Å².